The first kappa shape index (κ1) is 19.6. The molecule has 0 aliphatic heterocycles. The zero-order valence-corrected chi connectivity index (χ0v) is 16.2. The Morgan fingerprint density at radius 1 is 1.39 bits per heavy atom. The van der Waals surface area contributed by atoms with Gasteiger partial charge in [0, 0.05) is 13.1 Å². The normalized spacial score (nSPS) is 16.9. The van der Waals surface area contributed by atoms with Crippen LogP contribution in [0.5, 0.6) is 0 Å². The highest BCUT2D eigenvalue weighted by molar-refractivity contribution is 5.93. The second-order valence-electron chi connectivity index (χ2n) is 7.27. The molecule has 0 aromatic carbocycles. The number of nitriles is 1. The molecule has 1 aliphatic carbocycles. The number of esters is 1. The molecule has 9 nitrogen and oxygen atoms in total. The fraction of sp³-hybridized carbons (Fsp3) is 0.526. The van der Waals surface area contributed by atoms with Crippen LogP contribution in [-0.2, 0) is 16.6 Å². The van der Waals surface area contributed by atoms with Gasteiger partial charge in [-0.05, 0) is 26.7 Å². The summed E-state index contributed by atoms with van der Waals surface area (Å²) in [6, 6.07) is 3.34. The van der Waals surface area contributed by atoms with Crippen molar-refractivity contribution in [3.05, 3.63) is 27.7 Å². The number of aromatic nitrogens is 3. The second-order valence-corrected chi connectivity index (χ2v) is 7.27. The molecule has 0 spiro atoms. The van der Waals surface area contributed by atoms with Crippen molar-refractivity contribution in [2.24, 2.45) is 7.05 Å². The number of aromatic amines is 1. The van der Waals surface area contributed by atoms with Crippen LogP contribution in [0.15, 0.2) is 10.9 Å². The van der Waals surface area contributed by atoms with Gasteiger partial charge in [-0.1, -0.05) is 19.3 Å². The van der Waals surface area contributed by atoms with Crippen LogP contribution in [0.2, 0.25) is 0 Å². The first-order valence-electron chi connectivity index (χ1n) is 9.27. The number of fused-ring (bicyclic) bond motifs is 1. The van der Waals surface area contributed by atoms with Crippen molar-refractivity contribution in [3.8, 4) is 6.07 Å². The Hall–Kier alpha value is -3.15. The number of aryl methyl sites for hydroxylation is 2. The smallest absolute Gasteiger partial charge is 0.355 e. The molecule has 0 saturated heterocycles. The monoisotopic (exact) mass is 385 g/mol. The number of carbonyl (C=O) groups excluding carboxylic acids is 2. The van der Waals surface area contributed by atoms with Gasteiger partial charge in [-0.25, -0.2) is 4.79 Å². The van der Waals surface area contributed by atoms with Crippen LogP contribution in [0.3, 0.4) is 0 Å². The Morgan fingerprint density at radius 2 is 2.07 bits per heavy atom. The molecule has 0 bridgehead atoms. The minimum Gasteiger partial charge on any atom is -0.448 e. The number of hydrogen-bond donors (Lipinski definition) is 2. The maximum atomic E-state index is 12.5. The zero-order valence-electron chi connectivity index (χ0n) is 16.2. The summed E-state index contributed by atoms with van der Waals surface area (Å²) in [6.45, 7) is 3.14. The van der Waals surface area contributed by atoms with Crippen molar-refractivity contribution in [3.63, 3.8) is 0 Å². The Balaban J connectivity index is 1.74. The van der Waals surface area contributed by atoms with Crippen LogP contribution < -0.4 is 10.7 Å². The maximum absolute atomic E-state index is 12.5. The van der Waals surface area contributed by atoms with Crippen molar-refractivity contribution in [1.82, 2.24) is 20.1 Å². The van der Waals surface area contributed by atoms with Gasteiger partial charge >= 0.3 is 5.97 Å². The first-order valence-corrected chi connectivity index (χ1v) is 9.27. The molecule has 9 heteroatoms. The van der Waals surface area contributed by atoms with Gasteiger partial charge in [0.2, 0.25) is 0 Å². The summed E-state index contributed by atoms with van der Waals surface area (Å²) in [5.41, 5.74) is -0.364. The summed E-state index contributed by atoms with van der Waals surface area (Å²) in [6.07, 6.45) is 2.83. The highest BCUT2D eigenvalue weighted by Crippen LogP contribution is 2.27. The van der Waals surface area contributed by atoms with Crippen molar-refractivity contribution in [1.29, 1.82) is 5.26 Å². The van der Waals surface area contributed by atoms with Crippen LogP contribution in [-0.4, -0.2) is 38.3 Å². The molecule has 2 aromatic rings. The van der Waals surface area contributed by atoms with E-state index in [-0.39, 0.29) is 11.1 Å². The van der Waals surface area contributed by atoms with E-state index in [9.17, 15) is 19.6 Å². The van der Waals surface area contributed by atoms with Crippen LogP contribution in [0.25, 0.3) is 11.0 Å². The number of amides is 1. The lowest BCUT2D eigenvalue weighted by Gasteiger charge is -2.32. The first-order chi connectivity index (χ1) is 13.3. The lowest BCUT2D eigenvalue weighted by atomic mass is 9.83. The molecule has 1 atom stereocenters. The van der Waals surface area contributed by atoms with Crippen LogP contribution >= 0.6 is 0 Å². The lowest BCUT2D eigenvalue weighted by Crippen LogP contribution is -2.52. The highest BCUT2D eigenvalue weighted by atomic mass is 16.5. The minimum absolute atomic E-state index is 0.0622. The van der Waals surface area contributed by atoms with Gasteiger partial charge in [-0.15, -0.1) is 0 Å². The predicted molar refractivity (Wildman–Crippen MR) is 101 cm³/mol. The average molecular weight is 385 g/mol. The van der Waals surface area contributed by atoms with E-state index in [0.717, 1.165) is 25.3 Å². The fourth-order valence-corrected chi connectivity index (χ4v) is 3.61. The van der Waals surface area contributed by atoms with E-state index in [1.54, 1.807) is 14.0 Å². The van der Waals surface area contributed by atoms with Gasteiger partial charge in [0.15, 0.2) is 11.5 Å². The molecule has 0 radical (unpaired) electrons. The quantitative estimate of drug-likeness (QED) is 0.766. The molecule has 2 aromatic heterocycles. The zero-order chi connectivity index (χ0) is 20.5. The van der Waals surface area contributed by atoms with Crippen molar-refractivity contribution in [2.75, 3.05) is 0 Å². The van der Waals surface area contributed by atoms with E-state index in [1.807, 2.05) is 0 Å². The fourth-order valence-electron chi connectivity index (χ4n) is 3.61. The predicted octanol–water partition coefficient (Wildman–Crippen LogP) is 1.46. The molecule has 148 valence electrons. The van der Waals surface area contributed by atoms with Gasteiger partial charge in [-0.3, -0.25) is 14.3 Å². The second kappa shape index (κ2) is 7.46. The van der Waals surface area contributed by atoms with Gasteiger partial charge in [-0.2, -0.15) is 10.4 Å². The summed E-state index contributed by atoms with van der Waals surface area (Å²) in [7, 11) is 1.65. The van der Waals surface area contributed by atoms with E-state index in [0.29, 0.717) is 29.6 Å². The van der Waals surface area contributed by atoms with Gasteiger partial charge in [0.05, 0.1) is 17.1 Å². The molecule has 2 N–H and O–H groups in total. The summed E-state index contributed by atoms with van der Waals surface area (Å²) >= 11 is 0. The van der Waals surface area contributed by atoms with Gasteiger partial charge in [0.25, 0.3) is 5.91 Å². The molecule has 3 rings (SSSR count). The molecular formula is C19H23N5O4. The van der Waals surface area contributed by atoms with E-state index < -0.39 is 23.5 Å². The lowest BCUT2D eigenvalue weighted by molar-refractivity contribution is -0.130. The third kappa shape index (κ3) is 3.63. The van der Waals surface area contributed by atoms with Crippen LogP contribution in [0.1, 0.15) is 55.2 Å². The third-order valence-corrected chi connectivity index (χ3v) is 5.15. The Morgan fingerprint density at radius 3 is 2.71 bits per heavy atom. The van der Waals surface area contributed by atoms with E-state index >= 15 is 0 Å². The van der Waals surface area contributed by atoms with Crippen molar-refractivity contribution >= 4 is 22.9 Å². The van der Waals surface area contributed by atoms with E-state index in [1.165, 1.54) is 11.6 Å². The topological polar surface area (TPSA) is 130 Å². The Bertz CT molecular complexity index is 1020. The molecular weight excluding hydrogens is 362 g/mol. The summed E-state index contributed by atoms with van der Waals surface area (Å²) < 4.78 is 6.69. The average Bonchev–Trinajstić information content (AvgIpc) is 2.96. The Kier molecular flexibility index (Phi) is 5.23. The Labute approximate surface area is 161 Å². The molecule has 1 aliphatic rings. The summed E-state index contributed by atoms with van der Waals surface area (Å²) in [5.74, 6) is -1.35. The maximum Gasteiger partial charge on any atom is 0.355 e. The van der Waals surface area contributed by atoms with Crippen molar-refractivity contribution < 1.29 is 14.3 Å². The molecule has 1 saturated carbocycles. The summed E-state index contributed by atoms with van der Waals surface area (Å²) in [4.78, 5) is 40.0. The summed E-state index contributed by atoms with van der Waals surface area (Å²) in [5, 5.41) is 16.8. The largest absolute Gasteiger partial charge is 0.448 e. The SMILES string of the molecule is Cc1nn(C)c2[nH]c(C(=O)O[C@H](C)C(=O)NC3(C#N)CCCCC3)cc(=O)c12. The van der Waals surface area contributed by atoms with Crippen LogP contribution in [0.4, 0.5) is 0 Å². The number of rotatable bonds is 4. The number of hydrogen-bond acceptors (Lipinski definition) is 6. The molecule has 28 heavy (non-hydrogen) atoms. The number of H-pyrrole nitrogens is 1. The standard InChI is InChI=1S/C19H23N5O4/c1-11-15-14(25)9-13(21-16(15)24(3)23-11)18(27)28-12(2)17(26)22-19(10-20)7-5-4-6-8-19/h9,12H,4-8H2,1-3H3,(H,21,25)(H,22,26)/t12-/m1/s1. The highest BCUT2D eigenvalue weighted by Gasteiger charge is 2.35. The number of nitrogens with one attached hydrogen (secondary N) is 2. The number of ether oxygens (including phenoxy) is 1. The van der Waals surface area contributed by atoms with Gasteiger partial charge < -0.3 is 15.0 Å². The number of carbonyl (C=O) groups is 2. The van der Waals surface area contributed by atoms with Gasteiger partial charge in [0.1, 0.15) is 16.9 Å². The molecule has 0 unspecified atom stereocenters. The van der Waals surface area contributed by atoms with Crippen LogP contribution in [0, 0.1) is 18.3 Å². The number of nitrogens with zero attached hydrogens (tertiary/aromatic N) is 3. The minimum atomic E-state index is -1.10. The molecule has 1 fully saturated rings. The number of pyridine rings is 1. The van der Waals surface area contributed by atoms with Crippen molar-refractivity contribution in [2.45, 2.75) is 57.6 Å². The molecule has 2 heterocycles. The van der Waals surface area contributed by atoms with E-state index in [2.05, 4.69) is 21.5 Å². The molecule has 1 amide bonds. The van der Waals surface area contributed by atoms with E-state index in [4.69, 9.17) is 4.74 Å². The third-order valence-electron chi connectivity index (χ3n) is 5.15.